The Balaban J connectivity index is 0.000001000. The van der Waals surface area contributed by atoms with Crippen LogP contribution in [0, 0.1) is 0 Å². The van der Waals surface area contributed by atoms with Crippen LogP contribution in [0.2, 0.25) is 0 Å². The highest BCUT2D eigenvalue weighted by molar-refractivity contribution is 5.85. The largest absolute Gasteiger partial charge is 0.394 e. The zero-order valence-corrected chi connectivity index (χ0v) is 7.43. The number of nitrogens with two attached hydrogens (primary N) is 2. The summed E-state index contributed by atoms with van der Waals surface area (Å²) in [5.74, 6) is 0.411. The predicted molar refractivity (Wildman–Crippen MR) is 48.7 cm³/mol. The van der Waals surface area contributed by atoms with Crippen molar-refractivity contribution < 1.29 is 0 Å². The number of hydrogen-bond acceptors (Lipinski definition) is 3. The van der Waals surface area contributed by atoms with Gasteiger partial charge in [-0.25, -0.2) is 0 Å². The summed E-state index contributed by atoms with van der Waals surface area (Å²) in [4.78, 5) is 0. The van der Waals surface area contributed by atoms with E-state index in [4.69, 9.17) is 11.5 Å². The van der Waals surface area contributed by atoms with Crippen LogP contribution in [-0.4, -0.2) is 9.78 Å². The minimum atomic E-state index is 0. The molecule has 0 saturated heterocycles. The molecule has 0 bridgehead atoms. The molecule has 0 amide bonds. The summed E-state index contributed by atoms with van der Waals surface area (Å²) in [6.07, 6.45) is 1.74. The molecule has 0 aliphatic carbocycles. The standard InChI is InChI=1S/C6H12N4.ClH/c1-4(2)10-3-5(7)6(8)9-10;/h3-4H,7H2,1-2H3,(H2,8,9);1H. The quantitative estimate of drug-likeness (QED) is 0.672. The SMILES string of the molecule is CC(C)n1cc(N)c(N)n1.Cl. The summed E-state index contributed by atoms with van der Waals surface area (Å²) in [6, 6.07) is 0.319. The second kappa shape index (κ2) is 3.48. The lowest BCUT2D eigenvalue weighted by Gasteiger charge is -2.01. The van der Waals surface area contributed by atoms with Crippen molar-refractivity contribution >= 4 is 23.9 Å². The predicted octanol–water partition coefficient (Wildman–Crippen LogP) is 1.05. The number of rotatable bonds is 1. The number of hydrogen-bond donors (Lipinski definition) is 2. The van der Waals surface area contributed by atoms with Gasteiger partial charge < -0.3 is 11.5 Å². The van der Waals surface area contributed by atoms with Gasteiger partial charge in [-0.3, -0.25) is 4.68 Å². The summed E-state index contributed by atoms with van der Waals surface area (Å²) in [7, 11) is 0. The first-order valence-electron chi connectivity index (χ1n) is 3.21. The van der Waals surface area contributed by atoms with Crippen molar-refractivity contribution in [1.82, 2.24) is 9.78 Å². The van der Waals surface area contributed by atoms with Crippen molar-refractivity contribution in [2.24, 2.45) is 0 Å². The Kier molecular flexibility index (Phi) is 3.19. The van der Waals surface area contributed by atoms with Crippen LogP contribution in [0.5, 0.6) is 0 Å². The maximum absolute atomic E-state index is 5.47. The molecule has 0 aliphatic rings. The average Bonchev–Trinajstić information content (AvgIpc) is 2.13. The molecular formula is C6H13ClN4. The fraction of sp³-hybridized carbons (Fsp3) is 0.500. The molecule has 1 heterocycles. The smallest absolute Gasteiger partial charge is 0.168 e. The van der Waals surface area contributed by atoms with Crippen molar-refractivity contribution in [3.63, 3.8) is 0 Å². The molecule has 0 fully saturated rings. The van der Waals surface area contributed by atoms with Gasteiger partial charge in [-0.15, -0.1) is 12.4 Å². The number of aromatic nitrogens is 2. The minimum absolute atomic E-state index is 0. The molecule has 0 radical (unpaired) electrons. The lowest BCUT2D eigenvalue weighted by Crippen LogP contribution is -2.01. The van der Waals surface area contributed by atoms with Crippen LogP contribution in [0.15, 0.2) is 6.20 Å². The van der Waals surface area contributed by atoms with Crippen molar-refractivity contribution in [1.29, 1.82) is 0 Å². The number of anilines is 2. The zero-order valence-electron chi connectivity index (χ0n) is 6.61. The lowest BCUT2D eigenvalue weighted by atomic mass is 10.4. The number of halogens is 1. The van der Waals surface area contributed by atoms with Gasteiger partial charge in [-0.1, -0.05) is 0 Å². The summed E-state index contributed by atoms with van der Waals surface area (Å²) in [5, 5.41) is 3.98. The molecule has 4 N–H and O–H groups in total. The molecule has 11 heavy (non-hydrogen) atoms. The number of nitrogen functional groups attached to an aromatic ring is 2. The minimum Gasteiger partial charge on any atom is -0.394 e. The second-order valence-corrected chi connectivity index (χ2v) is 2.54. The van der Waals surface area contributed by atoms with E-state index < -0.39 is 0 Å². The van der Waals surface area contributed by atoms with Crippen LogP contribution >= 0.6 is 12.4 Å². The molecule has 0 aliphatic heterocycles. The second-order valence-electron chi connectivity index (χ2n) is 2.54. The first kappa shape index (κ1) is 10.1. The van der Waals surface area contributed by atoms with Crippen molar-refractivity contribution in [3.8, 4) is 0 Å². The van der Waals surface area contributed by atoms with Gasteiger partial charge in [0.25, 0.3) is 0 Å². The van der Waals surface area contributed by atoms with E-state index in [-0.39, 0.29) is 12.4 Å². The third-order valence-electron chi connectivity index (χ3n) is 1.32. The van der Waals surface area contributed by atoms with E-state index in [0.717, 1.165) is 0 Å². The highest BCUT2D eigenvalue weighted by atomic mass is 35.5. The zero-order chi connectivity index (χ0) is 7.72. The van der Waals surface area contributed by atoms with E-state index in [0.29, 0.717) is 17.5 Å². The van der Waals surface area contributed by atoms with Gasteiger partial charge in [-0.2, -0.15) is 5.10 Å². The van der Waals surface area contributed by atoms with E-state index >= 15 is 0 Å². The summed E-state index contributed by atoms with van der Waals surface area (Å²) >= 11 is 0. The third kappa shape index (κ3) is 2.01. The summed E-state index contributed by atoms with van der Waals surface area (Å²) in [6.45, 7) is 4.04. The monoisotopic (exact) mass is 176 g/mol. The van der Waals surface area contributed by atoms with Crippen LogP contribution in [0.4, 0.5) is 11.5 Å². The topological polar surface area (TPSA) is 69.9 Å². The maximum atomic E-state index is 5.47. The van der Waals surface area contributed by atoms with Gasteiger partial charge >= 0.3 is 0 Å². The molecule has 5 heteroatoms. The first-order valence-corrected chi connectivity index (χ1v) is 3.21. The van der Waals surface area contributed by atoms with Crippen LogP contribution in [-0.2, 0) is 0 Å². The van der Waals surface area contributed by atoms with Crippen LogP contribution in [0.3, 0.4) is 0 Å². The van der Waals surface area contributed by atoms with Gasteiger partial charge in [0.15, 0.2) is 5.82 Å². The van der Waals surface area contributed by atoms with Crippen LogP contribution < -0.4 is 11.5 Å². The van der Waals surface area contributed by atoms with E-state index in [2.05, 4.69) is 5.10 Å². The molecule has 4 nitrogen and oxygen atoms in total. The maximum Gasteiger partial charge on any atom is 0.168 e. The van der Waals surface area contributed by atoms with Gasteiger partial charge in [0, 0.05) is 6.04 Å². The summed E-state index contributed by atoms with van der Waals surface area (Å²) in [5.41, 5.74) is 11.4. The Labute approximate surface area is 72.0 Å². The fourth-order valence-electron chi connectivity index (χ4n) is 0.684. The Bertz CT molecular complexity index is 211. The van der Waals surface area contributed by atoms with Gasteiger partial charge in [0.1, 0.15) is 0 Å². The molecule has 1 aromatic rings. The molecule has 1 rings (SSSR count). The molecule has 1 aromatic heterocycles. The lowest BCUT2D eigenvalue weighted by molar-refractivity contribution is 0.535. The van der Waals surface area contributed by atoms with E-state index in [1.165, 1.54) is 0 Å². The van der Waals surface area contributed by atoms with Crippen molar-refractivity contribution in [3.05, 3.63) is 6.20 Å². The van der Waals surface area contributed by atoms with E-state index in [1.807, 2.05) is 13.8 Å². The Morgan fingerprint density at radius 1 is 1.45 bits per heavy atom. The van der Waals surface area contributed by atoms with Gasteiger partial charge in [-0.05, 0) is 13.8 Å². The summed E-state index contributed by atoms with van der Waals surface area (Å²) < 4.78 is 1.74. The van der Waals surface area contributed by atoms with Crippen LogP contribution in [0.25, 0.3) is 0 Å². The van der Waals surface area contributed by atoms with E-state index in [9.17, 15) is 0 Å². The highest BCUT2D eigenvalue weighted by Crippen LogP contribution is 2.13. The molecule has 64 valence electrons. The van der Waals surface area contributed by atoms with Gasteiger partial charge in [0.05, 0.1) is 11.9 Å². The van der Waals surface area contributed by atoms with Crippen molar-refractivity contribution in [2.45, 2.75) is 19.9 Å². The fourth-order valence-corrected chi connectivity index (χ4v) is 0.684. The molecule has 0 saturated carbocycles. The third-order valence-corrected chi connectivity index (χ3v) is 1.32. The Hall–Kier alpha value is -0.900. The molecule has 0 aromatic carbocycles. The van der Waals surface area contributed by atoms with Crippen LogP contribution in [0.1, 0.15) is 19.9 Å². The number of nitrogens with zero attached hydrogens (tertiary/aromatic N) is 2. The van der Waals surface area contributed by atoms with Crippen molar-refractivity contribution in [2.75, 3.05) is 11.5 Å². The average molecular weight is 177 g/mol. The normalized spacial score (nSPS) is 9.73. The van der Waals surface area contributed by atoms with Gasteiger partial charge in [0.2, 0.25) is 0 Å². The Morgan fingerprint density at radius 2 is 2.00 bits per heavy atom. The Morgan fingerprint density at radius 3 is 2.18 bits per heavy atom. The van der Waals surface area contributed by atoms with E-state index in [1.54, 1.807) is 10.9 Å². The molecule has 0 spiro atoms. The molecule has 0 atom stereocenters. The molecule has 0 unspecified atom stereocenters. The highest BCUT2D eigenvalue weighted by Gasteiger charge is 2.02. The molecular weight excluding hydrogens is 164 g/mol. The first-order chi connectivity index (χ1) is 4.61.